The van der Waals surface area contributed by atoms with Crippen molar-refractivity contribution in [3.8, 4) is 0 Å². The number of hydrogen-bond donors (Lipinski definition) is 2. The van der Waals surface area contributed by atoms with Crippen molar-refractivity contribution in [1.29, 1.82) is 0 Å². The summed E-state index contributed by atoms with van der Waals surface area (Å²) in [5.41, 5.74) is 5.17. The normalized spacial score (nSPS) is 12.4. The van der Waals surface area contributed by atoms with Crippen molar-refractivity contribution in [3.05, 3.63) is 59.1 Å². The zero-order valence-electron chi connectivity index (χ0n) is 16.0. The summed E-state index contributed by atoms with van der Waals surface area (Å²) in [6.07, 6.45) is 0. The fraction of sp³-hybridized carbons (Fsp3) is 0.333. The Hall–Kier alpha value is -2.53. The van der Waals surface area contributed by atoms with E-state index in [0.29, 0.717) is 6.67 Å². The highest BCUT2D eigenvalue weighted by Gasteiger charge is 2.16. The summed E-state index contributed by atoms with van der Waals surface area (Å²) in [6, 6.07) is 11.0. The van der Waals surface area contributed by atoms with Crippen LogP contribution in [0.1, 0.15) is 29.9 Å². The molecular formula is C21H26FN3O. The Morgan fingerprint density at radius 2 is 1.88 bits per heavy atom. The van der Waals surface area contributed by atoms with Crippen molar-refractivity contribution in [3.63, 3.8) is 0 Å². The molecule has 1 unspecified atom stereocenters. The van der Waals surface area contributed by atoms with Gasteiger partial charge < -0.3 is 14.6 Å². The third-order valence-electron chi connectivity index (χ3n) is 4.74. The van der Waals surface area contributed by atoms with Crippen molar-refractivity contribution < 1.29 is 8.81 Å². The molecule has 2 N–H and O–H groups in total. The molecule has 3 rings (SSSR count). The predicted octanol–water partition coefficient (Wildman–Crippen LogP) is 4.97. The Kier molecular flexibility index (Phi) is 5.18. The van der Waals surface area contributed by atoms with E-state index >= 15 is 0 Å². The average Bonchev–Trinajstić information content (AvgIpc) is 2.92. The van der Waals surface area contributed by atoms with Crippen molar-refractivity contribution in [2.45, 2.75) is 26.8 Å². The molecule has 26 heavy (non-hydrogen) atoms. The molecule has 2 aromatic carbocycles. The maximum Gasteiger partial charge on any atom is 0.134 e. The summed E-state index contributed by atoms with van der Waals surface area (Å²) >= 11 is 0. The number of anilines is 2. The number of rotatable bonds is 6. The number of furan rings is 1. The number of nitrogens with zero attached hydrogens (tertiary/aromatic N) is 1. The molecule has 138 valence electrons. The summed E-state index contributed by atoms with van der Waals surface area (Å²) in [6.45, 7) is 6.71. The largest absolute Gasteiger partial charge is 0.459 e. The van der Waals surface area contributed by atoms with Crippen molar-refractivity contribution in [2.75, 3.05) is 31.0 Å². The third-order valence-corrected chi connectivity index (χ3v) is 4.74. The summed E-state index contributed by atoms with van der Waals surface area (Å²) in [7, 11) is 4.07. The van der Waals surface area contributed by atoms with E-state index in [2.05, 4.69) is 40.7 Å². The first-order chi connectivity index (χ1) is 12.4. The standard InChI is InChI=1S/C21H26FN3O/c1-13-10-17(25(4)5)7-8-19(13)24-12-23-15(3)21-14(2)18-11-16(22)6-9-20(18)26-21/h6-11,15,23-24H,12H2,1-5H3. The molecule has 5 heteroatoms. The molecule has 1 aromatic heterocycles. The third kappa shape index (κ3) is 3.68. The van der Waals surface area contributed by atoms with E-state index in [1.807, 2.05) is 27.9 Å². The van der Waals surface area contributed by atoms with Crippen LogP contribution < -0.4 is 15.5 Å². The van der Waals surface area contributed by atoms with Gasteiger partial charge in [-0.15, -0.1) is 0 Å². The number of hydrogen-bond acceptors (Lipinski definition) is 4. The number of aryl methyl sites for hydroxylation is 2. The lowest BCUT2D eigenvalue weighted by Gasteiger charge is -2.18. The van der Waals surface area contributed by atoms with Crippen LogP contribution in [0.5, 0.6) is 0 Å². The van der Waals surface area contributed by atoms with Crippen molar-refractivity contribution in [2.24, 2.45) is 0 Å². The van der Waals surface area contributed by atoms with Gasteiger partial charge >= 0.3 is 0 Å². The zero-order valence-corrected chi connectivity index (χ0v) is 16.0. The monoisotopic (exact) mass is 355 g/mol. The number of fused-ring (bicyclic) bond motifs is 1. The first kappa shape index (κ1) is 18.3. The van der Waals surface area contributed by atoms with Crippen LogP contribution in [0.3, 0.4) is 0 Å². The van der Waals surface area contributed by atoms with Gasteiger partial charge in [-0.25, -0.2) is 4.39 Å². The zero-order chi connectivity index (χ0) is 18.8. The van der Waals surface area contributed by atoms with Crippen LogP contribution >= 0.6 is 0 Å². The molecule has 0 spiro atoms. The van der Waals surface area contributed by atoms with E-state index in [-0.39, 0.29) is 11.9 Å². The van der Waals surface area contributed by atoms with Gasteiger partial charge in [0, 0.05) is 36.4 Å². The molecule has 0 saturated heterocycles. The Morgan fingerprint density at radius 3 is 2.58 bits per heavy atom. The Bertz CT molecular complexity index is 917. The fourth-order valence-corrected chi connectivity index (χ4v) is 3.14. The molecule has 0 amide bonds. The molecule has 4 nitrogen and oxygen atoms in total. The number of halogens is 1. The lowest BCUT2D eigenvalue weighted by molar-refractivity contribution is 0.457. The molecule has 1 heterocycles. The lowest BCUT2D eigenvalue weighted by atomic mass is 10.1. The second-order valence-corrected chi connectivity index (χ2v) is 6.90. The van der Waals surface area contributed by atoms with Gasteiger partial charge in [-0.1, -0.05) is 0 Å². The Labute approximate surface area is 154 Å². The van der Waals surface area contributed by atoms with Gasteiger partial charge in [0.2, 0.25) is 0 Å². The Morgan fingerprint density at radius 1 is 1.12 bits per heavy atom. The Balaban J connectivity index is 1.66. The van der Waals surface area contributed by atoms with Crippen LogP contribution in [-0.2, 0) is 0 Å². The molecule has 0 saturated carbocycles. The van der Waals surface area contributed by atoms with E-state index in [1.54, 1.807) is 6.07 Å². The maximum atomic E-state index is 13.5. The summed E-state index contributed by atoms with van der Waals surface area (Å²) in [4.78, 5) is 2.09. The minimum Gasteiger partial charge on any atom is -0.459 e. The van der Waals surface area contributed by atoms with Crippen molar-refractivity contribution >= 4 is 22.3 Å². The SMILES string of the molecule is Cc1cc(N(C)C)ccc1NCNC(C)c1oc2ccc(F)cc2c1C. The van der Waals surface area contributed by atoms with E-state index in [1.165, 1.54) is 23.4 Å². The number of nitrogens with one attached hydrogen (secondary N) is 2. The van der Waals surface area contributed by atoms with Crippen LogP contribution in [0.4, 0.5) is 15.8 Å². The number of benzene rings is 2. The van der Waals surface area contributed by atoms with E-state index in [9.17, 15) is 4.39 Å². The van der Waals surface area contributed by atoms with Gasteiger partial charge in [-0.05, 0) is 62.7 Å². The second kappa shape index (κ2) is 7.38. The highest BCUT2D eigenvalue weighted by Crippen LogP contribution is 2.30. The van der Waals surface area contributed by atoms with Gasteiger partial charge in [-0.2, -0.15) is 0 Å². The van der Waals surface area contributed by atoms with Crippen LogP contribution in [0, 0.1) is 19.7 Å². The molecule has 0 aliphatic carbocycles. The molecular weight excluding hydrogens is 329 g/mol. The molecule has 0 bridgehead atoms. The second-order valence-electron chi connectivity index (χ2n) is 6.90. The molecule has 3 aromatic rings. The minimum atomic E-state index is -0.244. The van der Waals surface area contributed by atoms with E-state index in [4.69, 9.17) is 4.42 Å². The average molecular weight is 355 g/mol. The van der Waals surface area contributed by atoms with Crippen LogP contribution in [0.15, 0.2) is 40.8 Å². The summed E-state index contributed by atoms with van der Waals surface area (Å²) in [5.74, 6) is 0.596. The molecule has 1 atom stereocenters. The quantitative estimate of drug-likeness (QED) is 0.612. The summed E-state index contributed by atoms with van der Waals surface area (Å²) < 4.78 is 19.4. The minimum absolute atomic E-state index is 0.0133. The molecule has 0 fully saturated rings. The smallest absolute Gasteiger partial charge is 0.134 e. The highest BCUT2D eigenvalue weighted by atomic mass is 19.1. The summed E-state index contributed by atoms with van der Waals surface area (Å²) in [5, 5.41) is 7.66. The predicted molar refractivity (Wildman–Crippen MR) is 106 cm³/mol. The maximum absolute atomic E-state index is 13.5. The van der Waals surface area contributed by atoms with Gasteiger partial charge in [0.05, 0.1) is 12.7 Å². The van der Waals surface area contributed by atoms with Gasteiger partial charge in [-0.3, -0.25) is 5.32 Å². The first-order valence-electron chi connectivity index (χ1n) is 8.80. The highest BCUT2D eigenvalue weighted by molar-refractivity contribution is 5.82. The van der Waals surface area contributed by atoms with Gasteiger partial charge in [0.15, 0.2) is 0 Å². The van der Waals surface area contributed by atoms with Crippen LogP contribution in [0.2, 0.25) is 0 Å². The molecule has 0 aliphatic heterocycles. The van der Waals surface area contributed by atoms with E-state index in [0.717, 1.165) is 28.0 Å². The topological polar surface area (TPSA) is 40.4 Å². The van der Waals surface area contributed by atoms with E-state index < -0.39 is 0 Å². The van der Waals surface area contributed by atoms with Gasteiger partial charge in [0.1, 0.15) is 17.2 Å². The van der Waals surface area contributed by atoms with Crippen LogP contribution in [-0.4, -0.2) is 20.8 Å². The lowest BCUT2D eigenvalue weighted by Crippen LogP contribution is -2.25. The molecule has 0 radical (unpaired) electrons. The molecule has 0 aliphatic rings. The van der Waals surface area contributed by atoms with Crippen LogP contribution in [0.25, 0.3) is 11.0 Å². The first-order valence-corrected chi connectivity index (χ1v) is 8.80. The van der Waals surface area contributed by atoms with Crippen molar-refractivity contribution in [1.82, 2.24) is 5.32 Å². The van der Waals surface area contributed by atoms with Gasteiger partial charge in [0.25, 0.3) is 0 Å². The fourth-order valence-electron chi connectivity index (χ4n) is 3.14.